The maximum absolute atomic E-state index is 12.6. The first-order valence-corrected chi connectivity index (χ1v) is 17.0. The Morgan fingerprint density at radius 1 is 0.872 bits per heavy atom. The van der Waals surface area contributed by atoms with Gasteiger partial charge in [0.1, 0.15) is 5.88 Å². The number of aryl methyl sites for hydroxylation is 6. The van der Waals surface area contributed by atoms with Gasteiger partial charge in [0.25, 0.3) is 0 Å². The molecule has 0 fully saturated rings. The van der Waals surface area contributed by atoms with Crippen molar-refractivity contribution in [1.29, 1.82) is 0 Å². The van der Waals surface area contributed by atoms with E-state index in [1.807, 2.05) is 67.2 Å². The van der Waals surface area contributed by atoms with Crippen molar-refractivity contribution in [2.45, 2.75) is 58.4 Å². The first-order chi connectivity index (χ1) is 21.7. The molecule has 0 saturated carbocycles. The summed E-state index contributed by atoms with van der Waals surface area (Å²) < 4.78 is 0.663. The summed E-state index contributed by atoms with van der Waals surface area (Å²) in [5, 5.41) is 0.779. The van der Waals surface area contributed by atoms with Crippen LogP contribution in [-0.4, -0.2) is 46.5 Å². The molecule has 0 saturated heterocycles. The Morgan fingerprint density at radius 3 is 1.89 bits per heavy atom. The van der Waals surface area contributed by atoms with Crippen LogP contribution < -0.4 is 9.80 Å². The largest absolute Gasteiger partial charge is 0.385 e. The number of hydrogen-bond donors (Lipinski definition) is 1. The van der Waals surface area contributed by atoms with E-state index in [1.165, 1.54) is 28.5 Å². The summed E-state index contributed by atoms with van der Waals surface area (Å²) in [5.41, 5.74) is 9.30. The van der Waals surface area contributed by atoms with Crippen molar-refractivity contribution in [3.05, 3.63) is 111 Å². The average Bonchev–Trinajstić information content (AvgIpc) is 3.06. The number of anilines is 2. The molecular weight excluding hydrogens is 798 g/mol. The topological polar surface area (TPSA) is 69.3 Å². The van der Waals surface area contributed by atoms with Gasteiger partial charge < -0.3 is 14.8 Å². The fourth-order valence-electron chi connectivity index (χ4n) is 5.40. The third kappa shape index (κ3) is 12.2. The first-order valence-electron chi connectivity index (χ1n) is 15.1. The van der Waals surface area contributed by atoms with Gasteiger partial charge in [-0.25, -0.2) is 24.3 Å². The molecule has 2 radical (unpaired) electrons. The summed E-state index contributed by atoms with van der Waals surface area (Å²) in [4.78, 5) is 35.2. The molecule has 2 aliphatic heterocycles. The molecule has 0 spiro atoms. The Hall–Kier alpha value is -1.25. The van der Waals surface area contributed by atoms with Gasteiger partial charge >= 0.3 is 0 Å². The molecule has 6 nitrogen and oxygen atoms in total. The number of aromatic nitrogens is 2. The zero-order valence-electron chi connectivity index (χ0n) is 27.4. The predicted octanol–water partition coefficient (Wildman–Crippen LogP) is 7.93. The number of thioether (sulfide) groups is 1. The number of nitrogens with zero attached hydrogens (tertiary/aromatic N) is 3. The second-order valence-electron chi connectivity index (χ2n) is 11.1. The number of pyridine rings is 2. The third-order valence-electron chi connectivity index (χ3n) is 7.56. The number of carbonyl (C=O) groups is 2. The Bertz CT molecular complexity index is 1660. The second kappa shape index (κ2) is 21.1. The van der Waals surface area contributed by atoms with Gasteiger partial charge in [0, 0.05) is 99.5 Å². The SMILES string of the molecule is Cc1c[c-]c(=S)[nH]c1.Cc1c[c-]c(SCC(=O)N2CCCc3cccc(C)c32)nc1.Cc1cccc2c1N(C(=O)CCl)CCC2.[Y].[Y]. The van der Waals surface area contributed by atoms with E-state index in [-0.39, 0.29) is 83.1 Å². The number of amides is 2. The average molecular weight is 837 g/mol. The number of carbonyl (C=O) groups excluding carboxylic acids is 2. The van der Waals surface area contributed by atoms with E-state index in [9.17, 15) is 9.59 Å². The minimum Gasteiger partial charge on any atom is -0.385 e. The van der Waals surface area contributed by atoms with Crippen LogP contribution in [0.4, 0.5) is 11.4 Å². The van der Waals surface area contributed by atoms with Gasteiger partial charge in [-0.05, 0) is 61.8 Å². The van der Waals surface area contributed by atoms with Gasteiger partial charge in [-0.3, -0.25) is 14.6 Å². The summed E-state index contributed by atoms with van der Waals surface area (Å²) in [6.07, 6.45) is 7.84. The molecule has 6 rings (SSSR count). The molecule has 1 N–H and O–H groups in total. The van der Waals surface area contributed by atoms with Gasteiger partial charge in [0.05, 0.1) is 5.75 Å². The summed E-state index contributed by atoms with van der Waals surface area (Å²) in [6, 6.07) is 22.2. The molecule has 0 bridgehead atoms. The summed E-state index contributed by atoms with van der Waals surface area (Å²) in [5.74, 6) is 0.622. The van der Waals surface area contributed by atoms with E-state index in [2.05, 4.69) is 53.3 Å². The molecule has 47 heavy (non-hydrogen) atoms. The normalized spacial score (nSPS) is 12.8. The molecule has 0 atom stereocenters. The Labute approximate surface area is 344 Å². The van der Waals surface area contributed by atoms with Crippen LogP contribution in [-0.2, 0) is 87.8 Å². The van der Waals surface area contributed by atoms with Crippen molar-refractivity contribution in [2.24, 2.45) is 0 Å². The zero-order valence-corrected chi connectivity index (χ0v) is 35.5. The number of halogens is 1. The summed E-state index contributed by atoms with van der Waals surface area (Å²) in [7, 11) is 0. The number of benzene rings is 2. The Morgan fingerprint density at radius 2 is 1.43 bits per heavy atom. The Balaban J connectivity index is 0.000000266. The number of nitrogens with one attached hydrogen (secondary N) is 1. The third-order valence-corrected chi connectivity index (χ3v) is 8.91. The molecule has 2 aromatic carbocycles. The molecule has 11 heteroatoms. The van der Waals surface area contributed by atoms with E-state index in [0.717, 1.165) is 71.9 Å². The standard InChI is InChI=1S/C18H19N2OS.C12H14ClNO.C6H6NS.2Y/c1-13-8-9-16(19-11-13)22-12-17(21)20-10-4-7-15-6-3-5-14(2)18(15)20;1-9-4-2-5-10-6-3-7-14(12(9)10)11(15)8-13;1-5-2-3-6(8)7-4-5;;/h3,5-6,8,11H,4,7,10,12H2,1-2H3;2,4-5H,3,6-8H2,1H3;2,4H,1H3,(H,7,8);;/q-1;;-1;;. The van der Waals surface area contributed by atoms with Crippen molar-refractivity contribution in [3.8, 4) is 0 Å². The number of rotatable bonds is 4. The number of fused-ring (bicyclic) bond motifs is 2. The van der Waals surface area contributed by atoms with Crippen molar-refractivity contribution < 1.29 is 75.0 Å². The van der Waals surface area contributed by atoms with Crippen LogP contribution in [0.15, 0.2) is 66.0 Å². The van der Waals surface area contributed by atoms with E-state index in [0.29, 0.717) is 10.4 Å². The molecule has 242 valence electrons. The molecule has 2 aliphatic rings. The van der Waals surface area contributed by atoms with Crippen LogP contribution in [0.3, 0.4) is 0 Å². The van der Waals surface area contributed by atoms with Crippen LogP contribution >= 0.6 is 35.6 Å². The predicted molar refractivity (Wildman–Crippen MR) is 188 cm³/mol. The minimum absolute atomic E-state index is 0. The van der Waals surface area contributed by atoms with Crippen LogP contribution in [0.5, 0.6) is 0 Å². The maximum Gasteiger partial charge on any atom is 0.241 e. The van der Waals surface area contributed by atoms with E-state index in [1.54, 1.807) is 0 Å². The van der Waals surface area contributed by atoms with Crippen LogP contribution in [0.1, 0.15) is 46.2 Å². The van der Waals surface area contributed by atoms with E-state index >= 15 is 0 Å². The quantitative estimate of drug-likeness (QED) is 0.0980. The van der Waals surface area contributed by atoms with Gasteiger partial charge in [-0.2, -0.15) is 11.1 Å². The van der Waals surface area contributed by atoms with Crippen LogP contribution in [0.25, 0.3) is 0 Å². The fraction of sp³-hybridized carbons (Fsp3) is 0.333. The minimum atomic E-state index is 0. The second-order valence-corrected chi connectivity index (χ2v) is 12.8. The van der Waals surface area contributed by atoms with Crippen LogP contribution in [0, 0.1) is 44.5 Å². The number of hydrogen-bond acceptors (Lipinski definition) is 5. The smallest absolute Gasteiger partial charge is 0.241 e. The van der Waals surface area contributed by atoms with Gasteiger partial charge in [0.15, 0.2) is 0 Å². The number of H-pyrrole nitrogens is 1. The molecule has 4 heterocycles. The summed E-state index contributed by atoms with van der Waals surface area (Å²) in [6.45, 7) is 9.69. The van der Waals surface area contributed by atoms with Gasteiger partial charge in [-0.1, -0.05) is 61.0 Å². The number of aromatic amines is 1. The van der Waals surface area contributed by atoms with Crippen molar-refractivity contribution in [2.75, 3.05) is 34.5 Å². The molecule has 2 aromatic heterocycles. The number of para-hydroxylation sites is 2. The maximum atomic E-state index is 12.6. The van der Waals surface area contributed by atoms with Gasteiger partial charge in [-0.15, -0.1) is 37.2 Å². The first kappa shape index (κ1) is 41.9. The van der Waals surface area contributed by atoms with Crippen molar-refractivity contribution in [3.63, 3.8) is 0 Å². The molecule has 4 aromatic rings. The molecule has 2 amide bonds. The monoisotopic (exact) mass is 836 g/mol. The van der Waals surface area contributed by atoms with Gasteiger partial charge in [0.2, 0.25) is 11.8 Å². The van der Waals surface area contributed by atoms with Crippen molar-refractivity contribution in [1.82, 2.24) is 9.97 Å². The zero-order chi connectivity index (χ0) is 32.3. The summed E-state index contributed by atoms with van der Waals surface area (Å²) >= 11 is 11.8. The van der Waals surface area contributed by atoms with E-state index in [4.69, 9.17) is 23.8 Å². The van der Waals surface area contributed by atoms with Crippen molar-refractivity contribution >= 4 is 58.8 Å². The molecular formula is C36H39ClN4O2S2Y2-2. The molecule has 0 unspecified atom stereocenters. The fourth-order valence-corrected chi connectivity index (χ4v) is 6.35. The Kier molecular flexibility index (Phi) is 18.8. The van der Waals surface area contributed by atoms with E-state index < -0.39 is 0 Å². The molecule has 0 aliphatic carbocycles. The number of alkyl halides is 1. The van der Waals surface area contributed by atoms with Crippen LogP contribution in [0.2, 0.25) is 0 Å².